The highest BCUT2D eigenvalue weighted by atomic mass is 32.2. The average molecular weight is 416 g/mol. The fraction of sp³-hybridized carbons (Fsp3) is 0.0870. The number of aromatic nitrogens is 4. The number of rotatable bonds is 5. The fourth-order valence-electron chi connectivity index (χ4n) is 3.49. The van der Waals surface area contributed by atoms with Crippen LogP contribution in [0.15, 0.2) is 88.8 Å². The van der Waals surface area contributed by atoms with Gasteiger partial charge in [-0.3, -0.25) is 13.8 Å². The van der Waals surface area contributed by atoms with Gasteiger partial charge < -0.3 is 0 Å². The number of benzene rings is 3. The molecule has 0 spiro atoms. The molecule has 5 rings (SSSR count). The molecule has 0 bridgehead atoms. The van der Waals surface area contributed by atoms with Crippen LogP contribution >= 0.6 is 11.8 Å². The van der Waals surface area contributed by atoms with Crippen LogP contribution in [0.3, 0.4) is 0 Å². The van der Waals surface area contributed by atoms with Crippen LogP contribution in [0.25, 0.3) is 16.7 Å². The molecule has 148 valence electrons. The molecule has 0 amide bonds. The maximum absolute atomic E-state index is 14.0. The zero-order valence-corrected chi connectivity index (χ0v) is 16.7. The number of hydrogen-bond donors (Lipinski definition) is 0. The highest BCUT2D eigenvalue weighted by Crippen LogP contribution is 2.25. The van der Waals surface area contributed by atoms with Crippen LogP contribution < -0.4 is 5.56 Å². The Bertz CT molecular complexity index is 1410. The van der Waals surface area contributed by atoms with Gasteiger partial charge in [0.25, 0.3) is 5.56 Å². The Morgan fingerprint density at radius 1 is 0.867 bits per heavy atom. The second-order valence-corrected chi connectivity index (χ2v) is 7.83. The molecule has 5 nitrogen and oxygen atoms in total. The van der Waals surface area contributed by atoms with Crippen molar-refractivity contribution < 1.29 is 4.39 Å². The standard InChI is InChI=1S/C23H17FN4OS/c24-19-12-6-4-10-17(19)15-30-23-26-25-22-27(14-16-8-2-1-3-9-16)21(29)18-11-5-7-13-20(18)28(22)23/h1-13H,14-15H2. The molecule has 7 heteroatoms. The average Bonchev–Trinajstić information content (AvgIpc) is 3.21. The summed E-state index contributed by atoms with van der Waals surface area (Å²) < 4.78 is 17.6. The lowest BCUT2D eigenvalue weighted by molar-refractivity contribution is 0.617. The molecule has 5 aromatic rings. The highest BCUT2D eigenvalue weighted by molar-refractivity contribution is 7.98. The Kier molecular flexibility index (Phi) is 4.80. The maximum Gasteiger partial charge on any atom is 0.263 e. The van der Waals surface area contributed by atoms with E-state index in [1.54, 1.807) is 16.7 Å². The van der Waals surface area contributed by atoms with Crippen LogP contribution in [0.4, 0.5) is 4.39 Å². The Labute approximate surface area is 175 Å². The van der Waals surface area contributed by atoms with E-state index in [0.29, 0.717) is 34.2 Å². The van der Waals surface area contributed by atoms with Crippen molar-refractivity contribution in [3.05, 3.63) is 106 Å². The lowest BCUT2D eigenvalue weighted by Crippen LogP contribution is -2.24. The first kappa shape index (κ1) is 18.6. The molecule has 2 aromatic heterocycles. The molecular formula is C23H17FN4OS. The predicted molar refractivity (Wildman–Crippen MR) is 116 cm³/mol. The third kappa shape index (κ3) is 3.27. The molecule has 0 atom stereocenters. The molecule has 0 aliphatic heterocycles. The summed E-state index contributed by atoms with van der Waals surface area (Å²) in [6.45, 7) is 0.393. The van der Waals surface area contributed by atoms with E-state index in [2.05, 4.69) is 10.2 Å². The van der Waals surface area contributed by atoms with Gasteiger partial charge >= 0.3 is 0 Å². The van der Waals surface area contributed by atoms with Crippen LogP contribution in [-0.4, -0.2) is 19.2 Å². The van der Waals surface area contributed by atoms with E-state index >= 15 is 0 Å². The second-order valence-electron chi connectivity index (χ2n) is 6.89. The van der Waals surface area contributed by atoms with E-state index in [1.165, 1.54) is 17.8 Å². The number of hydrogen-bond acceptors (Lipinski definition) is 4. The van der Waals surface area contributed by atoms with Gasteiger partial charge in [0.05, 0.1) is 17.4 Å². The van der Waals surface area contributed by atoms with E-state index < -0.39 is 0 Å². The largest absolute Gasteiger partial charge is 0.272 e. The van der Waals surface area contributed by atoms with E-state index in [4.69, 9.17) is 0 Å². The highest BCUT2D eigenvalue weighted by Gasteiger charge is 2.17. The van der Waals surface area contributed by atoms with E-state index in [-0.39, 0.29) is 11.4 Å². The second kappa shape index (κ2) is 7.76. The molecule has 0 fully saturated rings. The minimum atomic E-state index is -0.246. The molecule has 2 heterocycles. The zero-order chi connectivity index (χ0) is 20.5. The van der Waals surface area contributed by atoms with Crippen molar-refractivity contribution in [1.29, 1.82) is 0 Å². The first-order valence-electron chi connectivity index (χ1n) is 9.49. The Morgan fingerprint density at radius 3 is 2.43 bits per heavy atom. The SMILES string of the molecule is O=c1c2ccccc2n2c(SCc3ccccc3F)nnc2n1Cc1ccccc1. The molecule has 0 aliphatic rings. The normalized spacial score (nSPS) is 11.4. The Hall–Kier alpha value is -3.45. The van der Waals surface area contributed by atoms with Gasteiger partial charge in [0, 0.05) is 5.75 Å². The monoisotopic (exact) mass is 416 g/mol. The minimum absolute atomic E-state index is 0.111. The first-order valence-corrected chi connectivity index (χ1v) is 10.5. The first-order chi connectivity index (χ1) is 14.7. The van der Waals surface area contributed by atoms with Crippen molar-refractivity contribution >= 4 is 28.4 Å². The van der Waals surface area contributed by atoms with Crippen molar-refractivity contribution in [2.45, 2.75) is 17.5 Å². The van der Waals surface area contributed by atoms with Gasteiger partial charge in [-0.1, -0.05) is 72.4 Å². The summed E-state index contributed by atoms with van der Waals surface area (Å²) in [5, 5.41) is 9.86. The summed E-state index contributed by atoms with van der Waals surface area (Å²) in [7, 11) is 0. The molecule has 30 heavy (non-hydrogen) atoms. The smallest absolute Gasteiger partial charge is 0.263 e. The maximum atomic E-state index is 14.0. The third-order valence-corrected chi connectivity index (χ3v) is 5.95. The van der Waals surface area contributed by atoms with Crippen molar-refractivity contribution in [3.8, 4) is 0 Å². The lowest BCUT2D eigenvalue weighted by atomic mass is 10.2. The molecule has 0 N–H and O–H groups in total. The summed E-state index contributed by atoms with van der Waals surface area (Å²) in [6.07, 6.45) is 0. The molecule has 0 saturated carbocycles. The number of thioether (sulfide) groups is 1. The van der Waals surface area contributed by atoms with E-state index in [0.717, 1.165) is 11.1 Å². The van der Waals surface area contributed by atoms with Crippen LogP contribution in [0.5, 0.6) is 0 Å². The summed E-state index contributed by atoms with van der Waals surface area (Å²) in [4.78, 5) is 13.2. The molecule has 0 saturated heterocycles. The fourth-order valence-corrected chi connectivity index (χ4v) is 4.42. The quantitative estimate of drug-likeness (QED) is 0.395. The van der Waals surface area contributed by atoms with Crippen molar-refractivity contribution in [2.75, 3.05) is 0 Å². The lowest BCUT2D eigenvalue weighted by Gasteiger charge is -2.11. The van der Waals surface area contributed by atoms with Crippen LogP contribution in [0.1, 0.15) is 11.1 Å². The molecule has 0 aliphatic carbocycles. The summed E-state index contributed by atoms with van der Waals surface area (Å²) in [5.74, 6) is 0.642. The molecule has 0 radical (unpaired) electrons. The van der Waals surface area contributed by atoms with Crippen LogP contribution in [0.2, 0.25) is 0 Å². The zero-order valence-electron chi connectivity index (χ0n) is 15.9. The Morgan fingerprint density at radius 2 is 1.60 bits per heavy atom. The Balaban J connectivity index is 1.65. The number of fused-ring (bicyclic) bond motifs is 3. The predicted octanol–water partition coefficient (Wildman–Crippen LogP) is 4.52. The number of nitrogens with zero attached hydrogens (tertiary/aromatic N) is 4. The van der Waals surface area contributed by atoms with Gasteiger partial charge in [0.1, 0.15) is 5.82 Å². The van der Waals surface area contributed by atoms with Crippen molar-refractivity contribution in [1.82, 2.24) is 19.2 Å². The summed E-state index contributed by atoms with van der Waals surface area (Å²) >= 11 is 1.39. The third-order valence-electron chi connectivity index (χ3n) is 4.98. The van der Waals surface area contributed by atoms with Gasteiger partial charge in [-0.2, -0.15) is 0 Å². The van der Waals surface area contributed by atoms with Gasteiger partial charge in [0.2, 0.25) is 5.78 Å². The minimum Gasteiger partial charge on any atom is -0.272 e. The summed E-state index contributed by atoms with van der Waals surface area (Å²) in [5.41, 5.74) is 2.23. The molecule has 0 unspecified atom stereocenters. The van der Waals surface area contributed by atoms with Gasteiger partial charge in [-0.05, 0) is 29.3 Å². The van der Waals surface area contributed by atoms with Crippen LogP contribution in [-0.2, 0) is 12.3 Å². The number of halogens is 1. The van der Waals surface area contributed by atoms with Crippen molar-refractivity contribution in [3.63, 3.8) is 0 Å². The van der Waals surface area contributed by atoms with E-state index in [1.807, 2.05) is 65.1 Å². The topological polar surface area (TPSA) is 52.2 Å². The van der Waals surface area contributed by atoms with Gasteiger partial charge in [0.15, 0.2) is 5.16 Å². The molecule has 3 aromatic carbocycles. The molecular weight excluding hydrogens is 399 g/mol. The number of para-hydroxylation sites is 1. The van der Waals surface area contributed by atoms with Gasteiger partial charge in [-0.25, -0.2) is 4.39 Å². The van der Waals surface area contributed by atoms with Gasteiger partial charge in [-0.15, -0.1) is 10.2 Å². The summed E-state index contributed by atoms with van der Waals surface area (Å²) in [6, 6.07) is 23.9. The van der Waals surface area contributed by atoms with Crippen LogP contribution in [0, 0.1) is 5.82 Å². The van der Waals surface area contributed by atoms with E-state index in [9.17, 15) is 9.18 Å². The van der Waals surface area contributed by atoms with Crippen molar-refractivity contribution in [2.24, 2.45) is 0 Å².